The van der Waals surface area contributed by atoms with E-state index in [-0.39, 0.29) is 65.4 Å². The SMILES string of the molecule is CC(C)(C)C(=O)Oc1ccc([S+]2CCCC2)c2ccccc12.O=C(Oc1ccc([S+]2CCCC2)c2ccccc12)C1CCCC1.O=C(Oc1ccc([S+]2CCCC2)c2ccccc12)C1CCCCC1.O=C(Oc1ccc([S+]2CCCCC2)c2ccccc12)C1CC2CCC1C2.O=C(Oc1ccc([S+]2CCCCC2)c2ccccc12)C1CCCC1.O=C(Oc1ccc([S+]2CCCCC2)c2ccccc12)C1CCCCC1. The summed E-state index contributed by atoms with van der Waals surface area (Å²) in [6, 6.07) is 76.0. The van der Waals surface area contributed by atoms with Crippen LogP contribution in [0.25, 0.3) is 64.6 Å². The van der Waals surface area contributed by atoms with Gasteiger partial charge in [-0.3, -0.25) is 28.8 Å². The third-order valence-electron chi connectivity index (χ3n) is 32.0. The highest BCUT2D eigenvalue weighted by Crippen LogP contribution is 2.51. The molecule has 0 aromatic heterocycles. The Morgan fingerprint density at radius 1 is 0.208 bits per heavy atom. The van der Waals surface area contributed by atoms with Crippen molar-refractivity contribution in [2.24, 2.45) is 46.8 Å². The highest BCUT2D eigenvalue weighted by molar-refractivity contribution is 7.98. The summed E-state index contributed by atoms with van der Waals surface area (Å²) in [4.78, 5) is 83.7. The molecule has 12 nitrogen and oxygen atoms in total. The Morgan fingerprint density at radius 3 is 0.611 bits per heavy atom. The van der Waals surface area contributed by atoms with Gasteiger partial charge in [0, 0.05) is 130 Å². The van der Waals surface area contributed by atoms with Gasteiger partial charge < -0.3 is 28.4 Å². The number of ether oxygens (including phenoxy) is 6. The minimum absolute atomic E-state index is 0.00946. The summed E-state index contributed by atoms with van der Waals surface area (Å²) in [6.45, 7) is 5.64. The molecule has 6 aliphatic heterocycles. The normalized spacial score (nSPS) is 20.7. The van der Waals surface area contributed by atoms with Gasteiger partial charge in [-0.2, -0.15) is 0 Å². The van der Waals surface area contributed by atoms with Gasteiger partial charge in [-0.1, -0.05) is 180 Å². The van der Waals surface area contributed by atoms with Gasteiger partial charge >= 0.3 is 35.8 Å². The minimum Gasteiger partial charge on any atom is -0.426 e. The Hall–Kier alpha value is -8.88. The van der Waals surface area contributed by atoms with Crippen molar-refractivity contribution < 1.29 is 57.2 Å². The van der Waals surface area contributed by atoms with Gasteiger partial charge in [0.1, 0.15) is 104 Å². The van der Waals surface area contributed by atoms with Crippen molar-refractivity contribution in [3.8, 4) is 34.5 Å². The first-order valence-corrected chi connectivity index (χ1v) is 64.4. The first kappa shape index (κ1) is 104. The molecule has 2 bridgehead atoms. The van der Waals surface area contributed by atoms with E-state index in [0.29, 0.717) is 77.0 Å². The monoisotopic (exact) mass is 2050 g/mol. The van der Waals surface area contributed by atoms with Crippen molar-refractivity contribution in [1.82, 2.24) is 0 Å². The summed E-state index contributed by atoms with van der Waals surface area (Å²) in [7, 11) is 2.15. The molecule has 756 valence electrons. The second-order valence-corrected chi connectivity index (χ2v) is 56.5. The zero-order valence-corrected chi connectivity index (χ0v) is 90.2. The fourth-order valence-corrected chi connectivity index (χ4v) is 39.0. The first-order chi connectivity index (χ1) is 70.6. The summed E-state index contributed by atoms with van der Waals surface area (Å²) >= 11 is 0. The summed E-state index contributed by atoms with van der Waals surface area (Å²) in [6.07, 6.45) is 44.7. The maximum absolute atomic E-state index is 12.8. The molecule has 6 saturated heterocycles. The summed E-state index contributed by atoms with van der Waals surface area (Å²) in [5.74, 6) is 21.7. The third kappa shape index (κ3) is 25.6. The van der Waals surface area contributed by atoms with E-state index in [1.54, 1.807) is 0 Å². The zero-order valence-electron chi connectivity index (χ0n) is 85.3. The Balaban J connectivity index is 0.000000109. The van der Waals surface area contributed by atoms with Crippen LogP contribution in [0.2, 0.25) is 0 Å². The van der Waals surface area contributed by atoms with Gasteiger partial charge in [-0.15, -0.1) is 0 Å². The van der Waals surface area contributed by atoms with Crippen LogP contribution in [0.5, 0.6) is 34.5 Å². The van der Waals surface area contributed by atoms with Crippen LogP contribution in [-0.2, 0) is 94.1 Å². The largest absolute Gasteiger partial charge is 0.426 e. The zero-order chi connectivity index (χ0) is 98.7. The lowest BCUT2D eigenvalue weighted by molar-refractivity contribution is -0.143. The van der Waals surface area contributed by atoms with Gasteiger partial charge in [0.05, 0.1) is 35.0 Å². The quantitative estimate of drug-likeness (QED) is 0.0483. The standard InChI is InChI=1S/C23H27O2S.C22H27O2S.2C21H25O2S.C20H23O2S.C19H23O2S/c24-23(20-15-16-8-9-17(20)14-16)25-21-10-11-22(26-12-4-1-5-13-26)19-7-3-2-6-18(19)21;23-22(17-9-3-1-4-10-17)24-20-13-14-21(25-15-7-2-8-16-25)19-12-6-5-11-18(19)20;22-21(16-8-2-3-9-16)23-19-12-13-20(24-14-6-1-7-15-24)18-11-5-4-10-17(18)19;22-21(16-8-2-1-3-9-16)23-19-12-13-20(24-14-6-7-15-24)18-11-5-4-10-17(18)19;21-20(15-7-1-2-8-15)22-18-11-12-19(23-13-5-6-14-23)17-10-4-3-9-16(17)18;1-19(2,3)18(20)21-16-10-11-17(22-12-6-7-13-22)15-9-5-4-8-14(15)16/h2-3,6-7,10-11,16-17,20H,1,4-5,8-9,12-15H2;5-6,11-14,17H,1-4,7-10,15-16H2;2*4-5,10-13,16H,1-3,6-9,14-15H2;3-4,9-12,15H,1-2,5-8,13-14H2;4-5,8-11H,6-7,12-13H2,1-3H3/q6*+1. The van der Waals surface area contributed by atoms with Crippen molar-refractivity contribution in [2.45, 2.75) is 288 Å². The first-order valence-electron chi connectivity index (χ1n) is 55.0. The number of fused-ring (bicyclic) bond motifs is 8. The van der Waals surface area contributed by atoms with E-state index < -0.39 is 5.41 Å². The van der Waals surface area contributed by atoms with Gasteiger partial charge in [0.15, 0.2) is 29.4 Å². The molecule has 12 aromatic rings. The smallest absolute Gasteiger partial charge is 0.316 e. The van der Waals surface area contributed by atoms with Crippen LogP contribution in [0.3, 0.4) is 0 Å². The summed E-state index contributed by atoms with van der Waals surface area (Å²) in [5, 5.41) is 14.2. The van der Waals surface area contributed by atoms with E-state index >= 15 is 0 Å². The average Bonchev–Trinajstić information content (AvgIpc) is 1.37. The summed E-state index contributed by atoms with van der Waals surface area (Å²) in [5.41, 5.74) is -0.493. The molecular weight excluding hydrogens is 1900 g/mol. The van der Waals surface area contributed by atoms with Crippen molar-refractivity contribution in [2.75, 3.05) is 69.0 Å². The lowest BCUT2D eigenvalue weighted by Gasteiger charge is -2.20. The Labute approximate surface area is 872 Å². The minimum atomic E-state index is -0.493. The lowest BCUT2D eigenvalue weighted by atomic mass is 9.89. The van der Waals surface area contributed by atoms with Crippen molar-refractivity contribution in [1.29, 1.82) is 0 Å². The predicted octanol–water partition coefficient (Wildman–Crippen LogP) is 30.3. The maximum Gasteiger partial charge on any atom is 0.316 e. The van der Waals surface area contributed by atoms with Gasteiger partial charge in [-0.05, 0) is 309 Å². The summed E-state index contributed by atoms with van der Waals surface area (Å²) < 4.78 is 35.0. The molecule has 24 rings (SSSR count). The number of hydrogen-bond donors (Lipinski definition) is 0. The number of rotatable bonds is 17. The number of carbonyl (C=O) groups excluding carboxylic acids is 6. The van der Waals surface area contributed by atoms with Crippen molar-refractivity contribution in [3.05, 3.63) is 218 Å². The van der Waals surface area contributed by atoms with E-state index in [2.05, 4.69) is 158 Å². The number of carbonyl (C=O) groups is 6. The number of benzene rings is 12. The lowest BCUT2D eigenvalue weighted by Crippen LogP contribution is -2.25. The maximum atomic E-state index is 12.8. The Bertz CT molecular complexity index is 6420. The van der Waals surface area contributed by atoms with Crippen LogP contribution in [0.1, 0.15) is 258 Å². The molecule has 3 unspecified atom stereocenters. The molecule has 6 saturated carbocycles. The van der Waals surface area contributed by atoms with E-state index in [4.69, 9.17) is 28.4 Å². The molecule has 12 fully saturated rings. The van der Waals surface area contributed by atoms with Gasteiger partial charge in [0.25, 0.3) is 0 Å². The van der Waals surface area contributed by atoms with E-state index in [0.717, 1.165) is 176 Å². The van der Waals surface area contributed by atoms with E-state index in [1.165, 1.54) is 259 Å². The van der Waals surface area contributed by atoms with Gasteiger partial charge in [0.2, 0.25) is 0 Å². The number of esters is 6. The van der Waals surface area contributed by atoms with Crippen LogP contribution >= 0.6 is 0 Å². The van der Waals surface area contributed by atoms with Crippen molar-refractivity contribution >= 4 is 166 Å². The number of hydrogen-bond acceptors (Lipinski definition) is 12. The van der Waals surface area contributed by atoms with Crippen LogP contribution in [0, 0.1) is 46.8 Å². The topological polar surface area (TPSA) is 158 Å². The molecule has 0 radical (unpaired) electrons. The molecule has 6 aliphatic carbocycles. The predicted molar refractivity (Wildman–Crippen MR) is 604 cm³/mol. The molecule has 6 heterocycles. The van der Waals surface area contributed by atoms with Gasteiger partial charge in [-0.25, -0.2) is 0 Å². The fraction of sp³-hybridized carbons (Fsp3) is 0.476. The van der Waals surface area contributed by atoms with Crippen molar-refractivity contribution in [3.63, 3.8) is 0 Å². The third-order valence-corrected chi connectivity index (χ3v) is 47.3. The highest BCUT2D eigenvalue weighted by atomic mass is 32.2. The second-order valence-electron chi connectivity index (χ2n) is 43.0. The Kier molecular flexibility index (Phi) is 36.3. The average molecular weight is 2050 g/mol. The molecule has 0 spiro atoms. The molecular formula is C126H150O12S6+6. The molecule has 12 aliphatic rings. The molecule has 144 heavy (non-hydrogen) atoms. The fourth-order valence-electron chi connectivity index (χ4n) is 24.0. The van der Waals surface area contributed by atoms with Crippen LogP contribution in [0.4, 0.5) is 0 Å². The van der Waals surface area contributed by atoms with Crippen LogP contribution in [0.15, 0.2) is 248 Å². The van der Waals surface area contributed by atoms with Crippen LogP contribution in [-0.4, -0.2) is 105 Å². The van der Waals surface area contributed by atoms with E-state index in [9.17, 15) is 28.8 Å². The Morgan fingerprint density at radius 2 is 0.403 bits per heavy atom. The van der Waals surface area contributed by atoms with Crippen LogP contribution < -0.4 is 28.4 Å². The van der Waals surface area contributed by atoms with E-state index in [1.807, 2.05) is 81.4 Å². The molecule has 3 atom stereocenters. The molecule has 0 N–H and O–H groups in total. The molecule has 0 amide bonds. The molecule has 18 heteroatoms. The molecule has 12 aromatic carbocycles. The second kappa shape index (κ2) is 50.4. The highest BCUT2D eigenvalue weighted by Gasteiger charge is 2.45.